The molecule has 0 aliphatic carbocycles. The number of carbonyl (C=O) groups is 2. The predicted octanol–water partition coefficient (Wildman–Crippen LogP) is 5.57. The molecule has 2 aromatic carbocycles. The van der Waals surface area contributed by atoms with Gasteiger partial charge in [-0.2, -0.15) is 13.2 Å². The highest BCUT2D eigenvalue weighted by molar-refractivity contribution is 5.93. The number of benzene rings is 2. The molecule has 0 radical (unpaired) electrons. The average molecular weight is 501 g/mol. The van der Waals surface area contributed by atoms with E-state index in [-0.39, 0.29) is 24.6 Å². The molecule has 7 nitrogen and oxygen atoms in total. The van der Waals surface area contributed by atoms with Crippen LogP contribution in [0.5, 0.6) is 0 Å². The molecule has 10 heteroatoms. The normalized spacial score (nSPS) is 12.3. The first kappa shape index (κ1) is 26.7. The van der Waals surface area contributed by atoms with Crippen molar-refractivity contribution in [3.63, 3.8) is 0 Å². The van der Waals surface area contributed by atoms with Crippen LogP contribution < -0.4 is 10.6 Å². The van der Waals surface area contributed by atoms with Gasteiger partial charge in [0.25, 0.3) is 5.91 Å². The van der Waals surface area contributed by atoms with E-state index in [1.54, 1.807) is 0 Å². The lowest BCUT2D eigenvalue weighted by molar-refractivity contribution is -0.138. The van der Waals surface area contributed by atoms with E-state index in [2.05, 4.69) is 34.4 Å². The first-order valence-electron chi connectivity index (χ1n) is 11.4. The van der Waals surface area contributed by atoms with Gasteiger partial charge in [0.1, 0.15) is 0 Å². The van der Waals surface area contributed by atoms with Crippen LogP contribution in [0.3, 0.4) is 0 Å². The van der Waals surface area contributed by atoms with Crippen molar-refractivity contribution in [2.24, 2.45) is 5.92 Å². The van der Waals surface area contributed by atoms with Gasteiger partial charge < -0.3 is 15.7 Å². The zero-order valence-corrected chi connectivity index (χ0v) is 19.8. The van der Waals surface area contributed by atoms with Gasteiger partial charge in [-0.25, -0.2) is 9.97 Å². The number of carbonyl (C=O) groups excluding carboxylic acids is 1. The maximum absolute atomic E-state index is 12.8. The molecule has 1 unspecified atom stereocenters. The SMILES string of the molecule is CC(C)CC(Nc1ncc(C(=O)NCCC(=O)O)cn1)c1ccc(-c2ccc(C(F)(F)F)cc2)cc1. The van der Waals surface area contributed by atoms with Crippen LogP contribution in [0.4, 0.5) is 19.1 Å². The van der Waals surface area contributed by atoms with Crippen molar-refractivity contribution in [3.05, 3.63) is 77.6 Å². The van der Waals surface area contributed by atoms with E-state index in [1.165, 1.54) is 24.5 Å². The largest absolute Gasteiger partial charge is 0.481 e. The zero-order valence-electron chi connectivity index (χ0n) is 19.8. The topological polar surface area (TPSA) is 104 Å². The van der Waals surface area contributed by atoms with Gasteiger partial charge in [-0.05, 0) is 41.2 Å². The number of halogens is 3. The van der Waals surface area contributed by atoms with E-state index in [9.17, 15) is 22.8 Å². The maximum Gasteiger partial charge on any atom is 0.416 e. The molecular weight excluding hydrogens is 473 g/mol. The van der Waals surface area contributed by atoms with Gasteiger partial charge in [-0.1, -0.05) is 50.2 Å². The summed E-state index contributed by atoms with van der Waals surface area (Å²) >= 11 is 0. The maximum atomic E-state index is 12.8. The summed E-state index contributed by atoms with van der Waals surface area (Å²) in [6.45, 7) is 4.17. The summed E-state index contributed by atoms with van der Waals surface area (Å²) in [6.07, 6.45) is -1.05. The second kappa shape index (κ2) is 11.7. The molecule has 0 fully saturated rings. The van der Waals surface area contributed by atoms with Gasteiger partial charge in [0, 0.05) is 18.9 Å². The smallest absolute Gasteiger partial charge is 0.416 e. The Hall–Kier alpha value is -3.95. The minimum Gasteiger partial charge on any atom is -0.481 e. The highest BCUT2D eigenvalue weighted by Gasteiger charge is 2.30. The fourth-order valence-electron chi connectivity index (χ4n) is 3.57. The summed E-state index contributed by atoms with van der Waals surface area (Å²) in [7, 11) is 0. The summed E-state index contributed by atoms with van der Waals surface area (Å²) in [5.74, 6) is -0.791. The molecule has 0 saturated carbocycles. The molecule has 1 amide bonds. The van der Waals surface area contributed by atoms with Crippen molar-refractivity contribution in [2.45, 2.75) is 38.9 Å². The number of carboxylic acids is 1. The Kier molecular flexibility index (Phi) is 8.63. The number of nitrogens with one attached hydrogen (secondary N) is 2. The van der Waals surface area contributed by atoms with Crippen molar-refractivity contribution in [2.75, 3.05) is 11.9 Å². The van der Waals surface area contributed by atoms with Gasteiger partial charge in [0.05, 0.1) is 23.6 Å². The second-order valence-corrected chi connectivity index (χ2v) is 8.72. The molecule has 3 aromatic rings. The Balaban J connectivity index is 1.70. The molecule has 1 heterocycles. The van der Waals surface area contributed by atoms with Crippen LogP contribution >= 0.6 is 0 Å². The summed E-state index contributed by atoms with van der Waals surface area (Å²) in [5.41, 5.74) is 1.97. The van der Waals surface area contributed by atoms with Crippen LogP contribution in [0.1, 0.15) is 54.2 Å². The van der Waals surface area contributed by atoms with E-state index < -0.39 is 23.6 Å². The molecule has 3 rings (SSSR count). The highest BCUT2D eigenvalue weighted by atomic mass is 19.4. The van der Waals surface area contributed by atoms with E-state index >= 15 is 0 Å². The van der Waals surface area contributed by atoms with Crippen molar-refractivity contribution < 1.29 is 27.9 Å². The third-order valence-electron chi connectivity index (χ3n) is 5.41. The van der Waals surface area contributed by atoms with Gasteiger partial charge in [-0.15, -0.1) is 0 Å². The first-order valence-corrected chi connectivity index (χ1v) is 11.4. The quantitative estimate of drug-likeness (QED) is 0.336. The van der Waals surface area contributed by atoms with E-state index in [4.69, 9.17) is 5.11 Å². The number of carboxylic acid groups (broad SMARTS) is 1. The zero-order chi connectivity index (χ0) is 26.3. The number of alkyl halides is 3. The number of amides is 1. The fourth-order valence-corrected chi connectivity index (χ4v) is 3.57. The first-order chi connectivity index (χ1) is 17.0. The minimum absolute atomic E-state index is 0.00704. The van der Waals surface area contributed by atoms with Crippen molar-refractivity contribution >= 4 is 17.8 Å². The van der Waals surface area contributed by atoms with Crippen LogP contribution in [0.25, 0.3) is 11.1 Å². The number of rotatable bonds is 10. The summed E-state index contributed by atoms with van der Waals surface area (Å²) in [5, 5.41) is 14.4. The van der Waals surface area contributed by atoms with E-state index in [0.29, 0.717) is 17.4 Å². The van der Waals surface area contributed by atoms with Crippen LogP contribution in [-0.4, -0.2) is 33.5 Å². The van der Waals surface area contributed by atoms with Crippen molar-refractivity contribution in [1.29, 1.82) is 0 Å². The highest BCUT2D eigenvalue weighted by Crippen LogP contribution is 2.32. The van der Waals surface area contributed by atoms with Crippen LogP contribution in [0.2, 0.25) is 0 Å². The molecular formula is C26H27F3N4O3. The minimum atomic E-state index is -4.37. The average Bonchev–Trinajstić information content (AvgIpc) is 2.83. The molecule has 0 saturated heterocycles. The molecule has 190 valence electrons. The van der Waals surface area contributed by atoms with Gasteiger partial charge in [0.15, 0.2) is 0 Å². The standard InChI is InChI=1S/C26H27F3N4O3/c1-16(2)13-22(33-25-31-14-20(15-32-25)24(36)30-12-11-23(34)35)19-5-3-17(4-6-19)18-7-9-21(10-8-18)26(27,28)29/h3-10,14-16,22H,11-13H2,1-2H3,(H,30,36)(H,34,35)(H,31,32,33). The lowest BCUT2D eigenvalue weighted by Gasteiger charge is -2.21. The van der Waals surface area contributed by atoms with Crippen LogP contribution in [0, 0.1) is 5.92 Å². The lowest BCUT2D eigenvalue weighted by Crippen LogP contribution is -2.26. The Bertz CT molecular complexity index is 1160. The number of nitrogens with zero attached hydrogens (tertiary/aromatic N) is 2. The predicted molar refractivity (Wildman–Crippen MR) is 129 cm³/mol. The van der Waals surface area contributed by atoms with E-state index in [0.717, 1.165) is 29.7 Å². The number of anilines is 1. The van der Waals surface area contributed by atoms with Crippen LogP contribution in [-0.2, 0) is 11.0 Å². The monoisotopic (exact) mass is 500 g/mol. The molecule has 1 aromatic heterocycles. The molecule has 0 bridgehead atoms. The molecule has 1 atom stereocenters. The molecule has 0 aliphatic rings. The van der Waals surface area contributed by atoms with Gasteiger partial charge in [0.2, 0.25) is 5.95 Å². The molecule has 0 spiro atoms. The van der Waals surface area contributed by atoms with Gasteiger partial charge in [-0.3, -0.25) is 9.59 Å². The van der Waals surface area contributed by atoms with Crippen molar-refractivity contribution in [3.8, 4) is 11.1 Å². The van der Waals surface area contributed by atoms with E-state index in [1.807, 2.05) is 24.3 Å². The Morgan fingerprint density at radius 3 is 2.00 bits per heavy atom. The molecule has 36 heavy (non-hydrogen) atoms. The Morgan fingerprint density at radius 1 is 0.944 bits per heavy atom. The summed E-state index contributed by atoms with van der Waals surface area (Å²) in [6, 6.07) is 12.5. The van der Waals surface area contributed by atoms with Gasteiger partial charge >= 0.3 is 12.1 Å². The number of aromatic nitrogens is 2. The summed E-state index contributed by atoms with van der Waals surface area (Å²) in [4.78, 5) is 31.1. The number of hydrogen-bond donors (Lipinski definition) is 3. The molecule has 0 aliphatic heterocycles. The van der Waals surface area contributed by atoms with Crippen molar-refractivity contribution in [1.82, 2.24) is 15.3 Å². The lowest BCUT2D eigenvalue weighted by atomic mass is 9.95. The number of hydrogen-bond acceptors (Lipinski definition) is 5. The Labute approximate surface area is 206 Å². The third-order valence-corrected chi connectivity index (χ3v) is 5.41. The fraction of sp³-hybridized carbons (Fsp3) is 0.308. The summed E-state index contributed by atoms with van der Waals surface area (Å²) < 4.78 is 38.5. The third kappa shape index (κ3) is 7.53. The second-order valence-electron chi connectivity index (χ2n) is 8.72. The number of aliphatic carboxylic acids is 1. The van der Waals surface area contributed by atoms with Crippen LogP contribution in [0.15, 0.2) is 60.9 Å². The Morgan fingerprint density at radius 2 is 1.50 bits per heavy atom. The molecule has 3 N–H and O–H groups in total.